The Hall–Kier alpha value is -0.160. The normalized spacial score (nSPS) is 44.1. The van der Waals surface area contributed by atoms with Gasteiger partial charge in [0.2, 0.25) is 0 Å². The van der Waals surface area contributed by atoms with Crippen LogP contribution in [0.15, 0.2) is 0 Å². The zero-order valence-corrected chi connectivity index (χ0v) is 13.3. The Morgan fingerprint density at radius 2 is 1.80 bits per heavy atom. The molecule has 0 aromatic rings. The number of nitrogens with one attached hydrogen (secondary N) is 1. The average molecular weight is 281 g/mol. The number of aliphatic hydroxyl groups excluding tert-OH is 1. The van der Waals surface area contributed by atoms with Crippen LogP contribution in [0.5, 0.6) is 0 Å². The van der Waals surface area contributed by atoms with Crippen LogP contribution in [0.3, 0.4) is 0 Å². The van der Waals surface area contributed by atoms with Gasteiger partial charge in [0.15, 0.2) is 0 Å². The van der Waals surface area contributed by atoms with Crippen LogP contribution >= 0.6 is 0 Å². The third-order valence-electron chi connectivity index (χ3n) is 5.88. The van der Waals surface area contributed by atoms with Gasteiger partial charge < -0.3 is 10.4 Å². The van der Waals surface area contributed by atoms with Crippen LogP contribution in [0.2, 0.25) is 0 Å². The maximum absolute atomic E-state index is 9.87. The molecule has 4 unspecified atom stereocenters. The molecule has 20 heavy (non-hydrogen) atoms. The van der Waals surface area contributed by atoms with Crippen LogP contribution in [-0.4, -0.2) is 71.4 Å². The molecule has 0 spiro atoms. The van der Waals surface area contributed by atoms with E-state index in [2.05, 4.69) is 36.0 Å². The monoisotopic (exact) mass is 281 g/mol. The van der Waals surface area contributed by atoms with Crippen LogP contribution in [0, 0.1) is 0 Å². The average Bonchev–Trinajstić information content (AvgIpc) is 3.13. The lowest BCUT2D eigenvalue weighted by molar-refractivity contribution is 0.0312. The Bertz CT molecular complexity index is 335. The van der Waals surface area contributed by atoms with E-state index in [4.69, 9.17) is 0 Å². The van der Waals surface area contributed by atoms with Crippen molar-refractivity contribution in [1.82, 2.24) is 15.1 Å². The zero-order chi connectivity index (χ0) is 14.3. The van der Waals surface area contributed by atoms with E-state index >= 15 is 0 Å². The second-order valence-electron chi connectivity index (χ2n) is 7.57. The zero-order valence-electron chi connectivity index (χ0n) is 13.3. The summed E-state index contributed by atoms with van der Waals surface area (Å²) in [7, 11) is 2.24. The molecule has 1 aliphatic heterocycles. The minimum Gasteiger partial charge on any atom is -0.394 e. The highest BCUT2D eigenvalue weighted by molar-refractivity contribution is 5.04. The number of piperazine rings is 1. The summed E-state index contributed by atoms with van der Waals surface area (Å²) in [5.74, 6) is 0. The molecule has 4 heteroatoms. The Morgan fingerprint density at radius 1 is 1.15 bits per heavy atom. The first-order valence-corrected chi connectivity index (χ1v) is 8.37. The molecule has 4 nitrogen and oxygen atoms in total. The third-order valence-corrected chi connectivity index (χ3v) is 5.88. The van der Waals surface area contributed by atoms with E-state index < -0.39 is 0 Å². The first-order chi connectivity index (χ1) is 9.53. The van der Waals surface area contributed by atoms with Crippen molar-refractivity contribution in [3.63, 3.8) is 0 Å². The summed E-state index contributed by atoms with van der Waals surface area (Å²) in [6.45, 7) is 7.32. The first kappa shape index (κ1) is 14.8. The van der Waals surface area contributed by atoms with Crippen LogP contribution in [0.25, 0.3) is 0 Å². The molecule has 0 amide bonds. The maximum Gasteiger partial charge on any atom is 0.0614 e. The van der Waals surface area contributed by atoms with Gasteiger partial charge in [-0.2, -0.15) is 0 Å². The fourth-order valence-corrected chi connectivity index (χ4v) is 4.13. The molecule has 0 radical (unpaired) electrons. The lowest BCUT2D eigenvalue weighted by Crippen LogP contribution is -2.58. The van der Waals surface area contributed by atoms with Crippen LogP contribution in [0.4, 0.5) is 0 Å². The number of nitrogens with zero attached hydrogens (tertiary/aromatic N) is 2. The number of likely N-dealkylation sites (N-methyl/N-ethyl adjacent to an activating group) is 1. The van der Waals surface area contributed by atoms with Crippen molar-refractivity contribution in [3.8, 4) is 0 Å². The standard InChI is InChI=1S/C16H31N3O/c1-12-9-19(10-13(2)18(12)3)15-6-7-16(8-15,11-20)17-14-4-5-14/h12-15,17,20H,4-11H2,1-3H3. The molecular formula is C16H31N3O. The van der Waals surface area contributed by atoms with E-state index in [0.717, 1.165) is 12.8 Å². The molecule has 3 aliphatic rings. The van der Waals surface area contributed by atoms with Gasteiger partial charge in [-0.05, 0) is 53.0 Å². The lowest BCUT2D eigenvalue weighted by atomic mass is 9.97. The molecule has 116 valence electrons. The summed E-state index contributed by atoms with van der Waals surface area (Å²) < 4.78 is 0. The van der Waals surface area contributed by atoms with Gasteiger partial charge in [-0.3, -0.25) is 9.80 Å². The van der Waals surface area contributed by atoms with Gasteiger partial charge in [0.05, 0.1) is 6.61 Å². The van der Waals surface area contributed by atoms with Gasteiger partial charge >= 0.3 is 0 Å². The maximum atomic E-state index is 9.87. The lowest BCUT2D eigenvalue weighted by Gasteiger charge is -2.45. The topological polar surface area (TPSA) is 38.7 Å². The molecule has 0 bridgehead atoms. The van der Waals surface area contributed by atoms with E-state index in [1.165, 1.54) is 32.4 Å². The molecule has 3 rings (SSSR count). The van der Waals surface area contributed by atoms with Crippen molar-refractivity contribution in [2.45, 2.75) is 75.7 Å². The molecule has 2 N–H and O–H groups in total. The van der Waals surface area contributed by atoms with E-state index in [-0.39, 0.29) is 5.54 Å². The van der Waals surface area contributed by atoms with E-state index in [9.17, 15) is 5.11 Å². The largest absolute Gasteiger partial charge is 0.394 e. The Balaban J connectivity index is 1.61. The molecule has 2 saturated carbocycles. The molecule has 4 atom stereocenters. The van der Waals surface area contributed by atoms with Gasteiger partial charge in [0.25, 0.3) is 0 Å². The highest BCUT2D eigenvalue weighted by Gasteiger charge is 2.44. The van der Waals surface area contributed by atoms with Gasteiger partial charge in [0, 0.05) is 42.8 Å². The molecule has 0 aromatic heterocycles. The predicted octanol–water partition coefficient (Wildman–Crippen LogP) is 1.05. The number of hydrogen-bond acceptors (Lipinski definition) is 4. The summed E-state index contributed by atoms with van der Waals surface area (Å²) >= 11 is 0. The van der Waals surface area contributed by atoms with Crippen molar-refractivity contribution in [1.29, 1.82) is 0 Å². The van der Waals surface area contributed by atoms with E-state index in [1.54, 1.807) is 0 Å². The second kappa shape index (κ2) is 5.56. The van der Waals surface area contributed by atoms with Gasteiger partial charge in [-0.25, -0.2) is 0 Å². The minimum absolute atomic E-state index is 0.0155. The summed E-state index contributed by atoms with van der Waals surface area (Å²) in [5, 5.41) is 13.6. The highest BCUT2D eigenvalue weighted by Crippen LogP contribution is 2.37. The van der Waals surface area contributed by atoms with E-state index in [0.29, 0.717) is 30.8 Å². The van der Waals surface area contributed by atoms with Crippen LogP contribution in [-0.2, 0) is 0 Å². The van der Waals surface area contributed by atoms with Crippen molar-refractivity contribution in [2.75, 3.05) is 26.7 Å². The van der Waals surface area contributed by atoms with Crippen molar-refractivity contribution >= 4 is 0 Å². The smallest absolute Gasteiger partial charge is 0.0614 e. The Kier molecular flexibility index (Phi) is 4.10. The van der Waals surface area contributed by atoms with Crippen molar-refractivity contribution in [2.24, 2.45) is 0 Å². The molecule has 3 fully saturated rings. The highest BCUT2D eigenvalue weighted by atomic mass is 16.3. The molecular weight excluding hydrogens is 250 g/mol. The first-order valence-electron chi connectivity index (χ1n) is 8.37. The van der Waals surface area contributed by atoms with Gasteiger partial charge in [-0.1, -0.05) is 0 Å². The second-order valence-corrected chi connectivity index (χ2v) is 7.57. The number of hydrogen-bond donors (Lipinski definition) is 2. The molecule has 1 saturated heterocycles. The quantitative estimate of drug-likeness (QED) is 0.808. The van der Waals surface area contributed by atoms with Gasteiger partial charge in [-0.15, -0.1) is 0 Å². The van der Waals surface area contributed by atoms with Crippen LogP contribution in [0.1, 0.15) is 46.0 Å². The summed E-state index contributed by atoms with van der Waals surface area (Å²) in [4.78, 5) is 5.18. The van der Waals surface area contributed by atoms with Crippen LogP contribution < -0.4 is 5.32 Å². The predicted molar refractivity (Wildman–Crippen MR) is 81.9 cm³/mol. The number of rotatable bonds is 4. The summed E-state index contributed by atoms with van der Waals surface area (Å²) in [6, 6.07) is 2.62. The molecule has 0 aromatic carbocycles. The molecule has 2 aliphatic carbocycles. The Labute approximate surface area is 123 Å². The Morgan fingerprint density at radius 3 is 2.35 bits per heavy atom. The minimum atomic E-state index is 0.0155. The number of aliphatic hydroxyl groups is 1. The van der Waals surface area contributed by atoms with Gasteiger partial charge in [0.1, 0.15) is 0 Å². The van der Waals surface area contributed by atoms with E-state index in [1.807, 2.05) is 0 Å². The fraction of sp³-hybridized carbons (Fsp3) is 1.00. The SMILES string of the molecule is CC1CN(C2CCC(CO)(NC3CC3)C2)CC(C)N1C. The fourth-order valence-electron chi connectivity index (χ4n) is 4.13. The molecule has 1 heterocycles. The van der Waals surface area contributed by atoms with Crippen molar-refractivity contribution < 1.29 is 5.11 Å². The van der Waals surface area contributed by atoms with Crippen molar-refractivity contribution in [3.05, 3.63) is 0 Å². The summed E-state index contributed by atoms with van der Waals surface area (Å²) in [5.41, 5.74) is 0.0155. The third kappa shape index (κ3) is 2.89. The summed E-state index contributed by atoms with van der Waals surface area (Å²) in [6.07, 6.45) is 6.11.